The Kier molecular flexibility index (Phi) is 6.07. The topological polar surface area (TPSA) is 84.3 Å². The van der Waals surface area contributed by atoms with Gasteiger partial charge in [0.25, 0.3) is 0 Å². The van der Waals surface area contributed by atoms with E-state index >= 15 is 0 Å². The lowest BCUT2D eigenvalue weighted by Gasteiger charge is -2.07. The van der Waals surface area contributed by atoms with Crippen LogP contribution in [0.4, 0.5) is 5.95 Å². The van der Waals surface area contributed by atoms with E-state index in [0.717, 1.165) is 19.4 Å². The second-order valence-electron chi connectivity index (χ2n) is 4.12. The fourth-order valence-corrected chi connectivity index (χ4v) is 1.31. The molecule has 2 N–H and O–H groups in total. The van der Waals surface area contributed by atoms with Crippen molar-refractivity contribution in [2.75, 3.05) is 18.5 Å². The van der Waals surface area contributed by atoms with Crippen LogP contribution in [0.15, 0.2) is 12.3 Å². The molecule has 0 unspecified atom stereocenters. The minimum Gasteiger partial charge on any atom is -0.477 e. The van der Waals surface area contributed by atoms with E-state index in [2.05, 4.69) is 15.3 Å². The molecule has 0 radical (unpaired) electrons. The lowest BCUT2D eigenvalue weighted by Crippen LogP contribution is -2.10. The summed E-state index contributed by atoms with van der Waals surface area (Å²) < 4.78 is 5.41. The molecule has 0 bridgehead atoms. The summed E-state index contributed by atoms with van der Waals surface area (Å²) in [5.74, 6) is -0.703. The molecular formula is C12H19N3O3. The number of hydrogen-bond acceptors (Lipinski definition) is 5. The zero-order valence-electron chi connectivity index (χ0n) is 10.7. The van der Waals surface area contributed by atoms with E-state index in [1.165, 1.54) is 12.3 Å². The molecule has 0 aliphatic rings. The first kappa shape index (κ1) is 14.4. The standard InChI is InChI=1S/C12H19N3O3/c1-9(2)18-8-4-3-6-13-12-14-7-5-10(15-12)11(16)17/h5,7,9H,3-4,6,8H2,1-2H3,(H,16,17)(H,13,14,15). The number of unbranched alkanes of at least 4 members (excludes halogenated alkanes) is 1. The van der Waals surface area contributed by atoms with Crippen LogP contribution in [0.25, 0.3) is 0 Å². The van der Waals surface area contributed by atoms with Gasteiger partial charge in [0.2, 0.25) is 5.95 Å². The quantitative estimate of drug-likeness (QED) is 0.687. The molecule has 6 heteroatoms. The third-order valence-corrected chi connectivity index (χ3v) is 2.18. The summed E-state index contributed by atoms with van der Waals surface area (Å²) >= 11 is 0. The SMILES string of the molecule is CC(C)OCCCCNc1nccc(C(=O)O)n1. The Labute approximate surface area is 106 Å². The maximum absolute atomic E-state index is 10.7. The predicted octanol–water partition coefficient (Wildman–Crippen LogP) is 1.79. The number of nitrogens with one attached hydrogen (secondary N) is 1. The number of ether oxygens (including phenoxy) is 1. The van der Waals surface area contributed by atoms with Crippen molar-refractivity contribution in [1.29, 1.82) is 0 Å². The molecule has 0 aliphatic heterocycles. The molecule has 0 saturated carbocycles. The summed E-state index contributed by atoms with van der Waals surface area (Å²) in [7, 11) is 0. The molecule has 1 aromatic rings. The fourth-order valence-electron chi connectivity index (χ4n) is 1.31. The van der Waals surface area contributed by atoms with E-state index in [1.54, 1.807) is 0 Å². The highest BCUT2D eigenvalue weighted by Gasteiger charge is 2.05. The molecule has 100 valence electrons. The number of nitrogens with zero attached hydrogens (tertiary/aromatic N) is 2. The summed E-state index contributed by atoms with van der Waals surface area (Å²) in [5.41, 5.74) is -0.00404. The van der Waals surface area contributed by atoms with Crippen LogP contribution < -0.4 is 5.32 Å². The number of aromatic nitrogens is 2. The molecular weight excluding hydrogens is 234 g/mol. The Balaban J connectivity index is 2.23. The fraction of sp³-hybridized carbons (Fsp3) is 0.583. The summed E-state index contributed by atoms with van der Waals surface area (Å²) in [5, 5.41) is 11.8. The van der Waals surface area contributed by atoms with Crippen LogP contribution in [0.5, 0.6) is 0 Å². The van der Waals surface area contributed by atoms with Crippen molar-refractivity contribution >= 4 is 11.9 Å². The van der Waals surface area contributed by atoms with Crippen molar-refractivity contribution in [3.63, 3.8) is 0 Å². The van der Waals surface area contributed by atoms with Crippen LogP contribution >= 0.6 is 0 Å². The molecule has 18 heavy (non-hydrogen) atoms. The molecule has 0 atom stereocenters. The second kappa shape index (κ2) is 7.60. The lowest BCUT2D eigenvalue weighted by atomic mass is 10.3. The van der Waals surface area contributed by atoms with Gasteiger partial charge in [0.1, 0.15) is 0 Å². The minimum absolute atomic E-state index is 0.00404. The van der Waals surface area contributed by atoms with Gasteiger partial charge in [0.05, 0.1) is 6.10 Å². The highest BCUT2D eigenvalue weighted by molar-refractivity contribution is 5.85. The first-order valence-electron chi connectivity index (χ1n) is 6.01. The van der Waals surface area contributed by atoms with E-state index in [-0.39, 0.29) is 11.8 Å². The van der Waals surface area contributed by atoms with Crippen LogP contribution in [0.2, 0.25) is 0 Å². The average Bonchev–Trinajstić information content (AvgIpc) is 2.33. The zero-order chi connectivity index (χ0) is 13.4. The van der Waals surface area contributed by atoms with Crippen LogP contribution in [-0.4, -0.2) is 40.3 Å². The van der Waals surface area contributed by atoms with E-state index in [1.807, 2.05) is 13.8 Å². The van der Waals surface area contributed by atoms with Gasteiger partial charge < -0.3 is 15.2 Å². The first-order chi connectivity index (χ1) is 8.59. The number of aromatic carboxylic acids is 1. The number of carbonyl (C=O) groups is 1. The highest BCUT2D eigenvalue weighted by Crippen LogP contribution is 2.01. The van der Waals surface area contributed by atoms with Gasteiger partial charge in [-0.25, -0.2) is 14.8 Å². The van der Waals surface area contributed by atoms with Gasteiger partial charge in [-0.2, -0.15) is 0 Å². The molecule has 1 aromatic heterocycles. The smallest absolute Gasteiger partial charge is 0.354 e. The molecule has 1 rings (SSSR count). The summed E-state index contributed by atoms with van der Waals surface area (Å²) in [6.07, 6.45) is 3.56. The Morgan fingerprint density at radius 3 is 2.94 bits per heavy atom. The van der Waals surface area contributed by atoms with Crippen molar-refractivity contribution in [2.45, 2.75) is 32.8 Å². The highest BCUT2D eigenvalue weighted by atomic mass is 16.5. The van der Waals surface area contributed by atoms with Crippen molar-refractivity contribution < 1.29 is 14.6 Å². The van der Waals surface area contributed by atoms with Gasteiger partial charge in [0, 0.05) is 19.3 Å². The minimum atomic E-state index is -1.05. The van der Waals surface area contributed by atoms with Gasteiger partial charge in [-0.15, -0.1) is 0 Å². The third kappa shape index (κ3) is 5.58. The number of rotatable bonds is 8. The molecule has 0 aliphatic carbocycles. The summed E-state index contributed by atoms with van der Waals surface area (Å²) in [6.45, 7) is 5.44. The van der Waals surface area contributed by atoms with Crippen LogP contribution in [0, 0.1) is 0 Å². The third-order valence-electron chi connectivity index (χ3n) is 2.18. The Morgan fingerprint density at radius 2 is 2.28 bits per heavy atom. The average molecular weight is 253 g/mol. The normalized spacial score (nSPS) is 10.6. The van der Waals surface area contributed by atoms with E-state index in [0.29, 0.717) is 12.5 Å². The lowest BCUT2D eigenvalue weighted by molar-refractivity contribution is 0.0690. The van der Waals surface area contributed by atoms with Gasteiger partial charge >= 0.3 is 5.97 Å². The number of carboxylic acids is 1. The number of anilines is 1. The number of carboxylic acid groups (broad SMARTS) is 1. The number of hydrogen-bond donors (Lipinski definition) is 2. The molecule has 0 fully saturated rings. The second-order valence-corrected chi connectivity index (χ2v) is 4.12. The largest absolute Gasteiger partial charge is 0.477 e. The van der Waals surface area contributed by atoms with E-state index < -0.39 is 5.97 Å². The Bertz CT molecular complexity index is 383. The maximum atomic E-state index is 10.7. The van der Waals surface area contributed by atoms with Gasteiger partial charge in [0.15, 0.2) is 5.69 Å². The van der Waals surface area contributed by atoms with Crippen molar-refractivity contribution in [2.24, 2.45) is 0 Å². The van der Waals surface area contributed by atoms with Crippen LogP contribution in [-0.2, 0) is 4.74 Å². The molecule has 0 spiro atoms. The van der Waals surface area contributed by atoms with Gasteiger partial charge in [-0.1, -0.05) is 0 Å². The van der Waals surface area contributed by atoms with Crippen molar-refractivity contribution in [3.8, 4) is 0 Å². The molecule has 0 saturated heterocycles. The zero-order valence-corrected chi connectivity index (χ0v) is 10.7. The van der Waals surface area contributed by atoms with Crippen molar-refractivity contribution in [1.82, 2.24) is 9.97 Å². The van der Waals surface area contributed by atoms with Gasteiger partial charge in [-0.3, -0.25) is 0 Å². The van der Waals surface area contributed by atoms with Gasteiger partial charge in [-0.05, 0) is 32.8 Å². The molecule has 0 amide bonds. The van der Waals surface area contributed by atoms with Crippen LogP contribution in [0.3, 0.4) is 0 Å². The van der Waals surface area contributed by atoms with Crippen molar-refractivity contribution in [3.05, 3.63) is 18.0 Å². The molecule has 0 aromatic carbocycles. The first-order valence-corrected chi connectivity index (χ1v) is 6.01. The van der Waals surface area contributed by atoms with E-state index in [9.17, 15) is 4.79 Å². The maximum Gasteiger partial charge on any atom is 0.354 e. The monoisotopic (exact) mass is 253 g/mol. The predicted molar refractivity (Wildman–Crippen MR) is 67.8 cm³/mol. The van der Waals surface area contributed by atoms with E-state index in [4.69, 9.17) is 9.84 Å². The Hall–Kier alpha value is -1.69. The Morgan fingerprint density at radius 1 is 1.50 bits per heavy atom. The molecule has 6 nitrogen and oxygen atoms in total. The summed E-state index contributed by atoms with van der Waals surface area (Å²) in [4.78, 5) is 18.5. The van der Waals surface area contributed by atoms with Crippen LogP contribution in [0.1, 0.15) is 37.2 Å². The molecule has 1 heterocycles. The summed E-state index contributed by atoms with van der Waals surface area (Å²) in [6, 6.07) is 1.37.